The third-order valence-electron chi connectivity index (χ3n) is 13.1. The second-order valence-corrected chi connectivity index (χ2v) is 49.3. The van der Waals surface area contributed by atoms with E-state index in [2.05, 4.69) is 205 Å². The number of hydrogen-bond acceptors (Lipinski definition) is 0. The van der Waals surface area contributed by atoms with Crippen LogP contribution in [0.25, 0.3) is 56.7 Å². The van der Waals surface area contributed by atoms with Crippen LogP contribution in [0.15, 0.2) is 132 Å². The molecule has 2 unspecified atom stereocenters. The average Bonchev–Trinajstić information content (AvgIpc) is 3.79. The van der Waals surface area contributed by atoms with Gasteiger partial charge < -0.3 is 0 Å². The second-order valence-electron chi connectivity index (χ2n) is 18.8. The van der Waals surface area contributed by atoms with Crippen LogP contribution >= 0.6 is 24.8 Å². The summed E-state index contributed by atoms with van der Waals surface area (Å²) in [5, 5.41) is 0. The normalized spacial score (nSPS) is 16.0. The first-order chi connectivity index (χ1) is 26.6. The molecule has 0 aromatic heterocycles. The summed E-state index contributed by atoms with van der Waals surface area (Å²) in [6, 6.07) is 46.8. The second kappa shape index (κ2) is 16.5. The van der Waals surface area contributed by atoms with Crippen molar-refractivity contribution >= 4 is 43.8 Å². The van der Waals surface area contributed by atoms with E-state index in [0.29, 0.717) is 19.1 Å². The van der Waals surface area contributed by atoms with E-state index in [1.165, 1.54) is 77.9 Å². The molecule has 0 N–H and O–H groups in total. The van der Waals surface area contributed by atoms with Gasteiger partial charge in [0.15, 0.2) is 0 Å². The van der Waals surface area contributed by atoms with E-state index in [4.69, 9.17) is 0 Å². The van der Waals surface area contributed by atoms with Crippen LogP contribution in [0.3, 0.4) is 0 Å². The molecule has 0 fully saturated rings. The van der Waals surface area contributed by atoms with E-state index in [0.717, 1.165) is 0 Å². The van der Waals surface area contributed by atoms with Gasteiger partial charge >= 0.3 is 342 Å². The number of halogens is 2. The molecule has 0 heterocycles. The van der Waals surface area contributed by atoms with Gasteiger partial charge in [-0.2, -0.15) is 0 Å². The van der Waals surface area contributed by atoms with Crippen LogP contribution in [0, 0.1) is 39.5 Å². The van der Waals surface area contributed by atoms with Crippen molar-refractivity contribution in [2.24, 2.45) is 11.8 Å². The quantitative estimate of drug-likeness (QED) is 0.134. The summed E-state index contributed by atoms with van der Waals surface area (Å²) < 4.78 is 6.42. The van der Waals surface area contributed by atoms with Gasteiger partial charge in [0.2, 0.25) is 0 Å². The Morgan fingerprint density at radius 2 is 0.638 bits per heavy atom. The van der Waals surface area contributed by atoms with Gasteiger partial charge in [-0.15, -0.1) is 24.8 Å². The Hall–Kier alpha value is -3.52. The number of fused-ring (bicyclic) bond motifs is 2. The average molecular weight is 899 g/mol. The molecule has 0 aliphatic heterocycles. The molecule has 0 saturated heterocycles. The predicted octanol–water partition coefficient (Wildman–Crippen LogP) is 15.7. The van der Waals surface area contributed by atoms with Crippen molar-refractivity contribution in [1.82, 2.24) is 0 Å². The fraction of sp³-hybridized carbons (Fsp3) is 0.259. The van der Waals surface area contributed by atoms with E-state index >= 15 is 0 Å². The number of aryl methyl sites for hydroxylation is 4. The Kier molecular flexibility index (Phi) is 12.5. The minimum Gasteiger partial charge on any atom is -0.147 e. The summed E-state index contributed by atoms with van der Waals surface area (Å²) in [4.78, 5) is 0. The molecule has 0 spiro atoms. The van der Waals surface area contributed by atoms with Crippen LogP contribution in [0.2, 0.25) is 9.26 Å². The number of rotatable bonds is 8. The summed E-state index contributed by atoms with van der Waals surface area (Å²) in [6.07, 6.45) is 5.31. The molecule has 58 heavy (non-hydrogen) atoms. The maximum absolute atomic E-state index is 4.16. The summed E-state index contributed by atoms with van der Waals surface area (Å²) >= 11 is -4.16. The zero-order valence-corrected chi connectivity index (χ0v) is 41.5. The molecule has 4 heteroatoms. The standard InChI is InChI=1S/2C26H25.2CH3.2ClH.H2Si.Zr/c2*1-17(2)22-15-25-23(20-9-5-18(3)6-10-20)13-14-24(26(25)16-22)21-11-7-19(4)8-12-21;;;;;;/h2*5-17H,1-4H3;2*1H3;2*1H;1H2;. The van der Waals surface area contributed by atoms with Gasteiger partial charge in [0.1, 0.15) is 0 Å². The van der Waals surface area contributed by atoms with Gasteiger partial charge in [0, 0.05) is 0 Å². The molecule has 6 aromatic carbocycles. The SMILES string of the molecule is Cc1ccc(-c2ccc(-c3ccc(C)cc3)c3c2C=C(C(C)C)[CH]3[Zr]([CH3])([CH3])(=[SiH2])[CH]2C(C(C)C)=Cc3c(-c4ccc(C)cc4)ccc(-c4ccc(C)cc4)c32)cc1.Cl.Cl. The zero-order valence-electron chi connectivity index (χ0n) is 36.0. The van der Waals surface area contributed by atoms with Gasteiger partial charge in [-0.1, -0.05) is 0 Å². The Labute approximate surface area is 363 Å². The van der Waals surface area contributed by atoms with Crippen LogP contribution in [-0.4, -0.2) is 6.88 Å². The summed E-state index contributed by atoms with van der Waals surface area (Å²) in [5.74, 6) is 0.842. The van der Waals surface area contributed by atoms with E-state index in [9.17, 15) is 0 Å². The molecule has 0 bridgehead atoms. The van der Waals surface area contributed by atoms with Crippen molar-refractivity contribution < 1.29 is 17.4 Å². The van der Waals surface area contributed by atoms with Crippen molar-refractivity contribution in [3.05, 3.63) is 177 Å². The molecular weight excluding hydrogens is 839 g/mol. The van der Waals surface area contributed by atoms with E-state index in [1.54, 1.807) is 22.3 Å². The molecule has 0 nitrogen and oxygen atoms in total. The third kappa shape index (κ3) is 7.69. The molecule has 298 valence electrons. The molecule has 2 atom stereocenters. The van der Waals surface area contributed by atoms with Crippen molar-refractivity contribution in [2.75, 3.05) is 0 Å². The van der Waals surface area contributed by atoms with Gasteiger partial charge in [0.25, 0.3) is 0 Å². The Balaban J connectivity index is 0.00000283. The van der Waals surface area contributed by atoms with Crippen molar-refractivity contribution in [1.29, 1.82) is 0 Å². The summed E-state index contributed by atoms with van der Waals surface area (Å²) in [6.45, 7) is 21.1. The van der Waals surface area contributed by atoms with Crippen molar-refractivity contribution in [3.63, 3.8) is 0 Å². The molecule has 8 rings (SSSR count). The van der Waals surface area contributed by atoms with E-state index in [-0.39, 0.29) is 24.8 Å². The number of hydrogen-bond donors (Lipinski definition) is 0. The molecule has 6 aromatic rings. The first kappa shape index (κ1) is 44.0. The maximum Gasteiger partial charge on any atom is -0.147 e. The van der Waals surface area contributed by atoms with Crippen molar-refractivity contribution in [2.45, 2.75) is 71.9 Å². The molecule has 2 aliphatic rings. The van der Waals surface area contributed by atoms with Crippen LogP contribution in [0.1, 0.15) is 79.5 Å². The smallest absolute Gasteiger partial charge is 0.147 e. The largest absolute Gasteiger partial charge is 0.147 e. The molecule has 2 aliphatic carbocycles. The first-order valence-corrected chi connectivity index (χ1v) is 34.4. The molecule has 0 radical (unpaired) electrons. The monoisotopic (exact) mass is 896 g/mol. The van der Waals surface area contributed by atoms with E-state index in [1.807, 2.05) is 0 Å². The van der Waals surface area contributed by atoms with Crippen LogP contribution in [0.5, 0.6) is 0 Å². The molecular formula is C54H60Cl2SiZr. The minimum absolute atomic E-state index is 0. The number of benzene rings is 6. The topological polar surface area (TPSA) is 0 Å². The van der Waals surface area contributed by atoms with Gasteiger partial charge in [-0.3, -0.25) is 0 Å². The van der Waals surface area contributed by atoms with Crippen LogP contribution in [0.4, 0.5) is 0 Å². The fourth-order valence-corrected chi connectivity index (χ4v) is 29.8. The van der Waals surface area contributed by atoms with Gasteiger partial charge in [-0.05, 0) is 0 Å². The predicted molar refractivity (Wildman–Crippen MR) is 259 cm³/mol. The molecule has 0 amide bonds. The van der Waals surface area contributed by atoms with Crippen molar-refractivity contribution in [3.8, 4) is 44.5 Å². The van der Waals surface area contributed by atoms with Crippen LogP contribution in [-0.2, 0) is 17.4 Å². The fourth-order valence-electron chi connectivity index (χ4n) is 10.2. The third-order valence-corrected chi connectivity index (χ3v) is 30.3. The first-order valence-electron chi connectivity index (χ1n) is 20.7. The Morgan fingerprint density at radius 1 is 0.397 bits per heavy atom. The van der Waals surface area contributed by atoms with E-state index < -0.39 is 17.4 Å². The maximum atomic E-state index is 2.83. The Morgan fingerprint density at radius 3 is 0.897 bits per heavy atom. The van der Waals surface area contributed by atoms with Crippen LogP contribution < -0.4 is 0 Å². The molecule has 0 saturated carbocycles. The summed E-state index contributed by atoms with van der Waals surface area (Å²) in [7, 11) is 0. The van der Waals surface area contributed by atoms with Gasteiger partial charge in [0.05, 0.1) is 0 Å². The Bertz CT molecular complexity index is 2440. The number of allylic oxidation sites excluding steroid dienone is 2. The minimum atomic E-state index is -4.16. The van der Waals surface area contributed by atoms with Gasteiger partial charge in [-0.25, -0.2) is 0 Å². The zero-order chi connectivity index (χ0) is 39.7. The summed E-state index contributed by atoms with van der Waals surface area (Å²) in [5.41, 5.74) is 25.3.